The second-order valence-corrected chi connectivity index (χ2v) is 5.07. The van der Waals surface area contributed by atoms with Crippen molar-refractivity contribution in [2.75, 3.05) is 17.7 Å². The monoisotopic (exact) mass is 322 g/mol. The van der Waals surface area contributed by atoms with Gasteiger partial charge in [0, 0.05) is 5.69 Å². The van der Waals surface area contributed by atoms with Gasteiger partial charge in [-0.3, -0.25) is 14.6 Å². The van der Waals surface area contributed by atoms with Crippen LogP contribution in [0.5, 0.6) is 5.75 Å². The number of benzene rings is 1. The maximum atomic E-state index is 11.8. The first-order valence-corrected chi connectivity index (χ1v) is 7.41. The molecule has 0 aliphatic rings. The molecular weight excluding hydrogens is 308 g/mol. The largest absolute Gasteiger partial charge is 0.494 e. The number of thioether (sulfide) groups is 1. The number of nitrogens with zero attached hydrogens (tertiary/aromatic N) is 1. The van der Waals surface area contributed by atoms with Crippen molar-refractivity contribution in [3.05, 3.63) is 45.1 Å². The summed E-state index contributed by atoms with van der Waals surface area (Å²) in [5, 5.41) is 8.39. The lowest BCUT2D eigenvalue weighted by atomic mass is 10.3. The van der Waals surface area contributed by atoms with Crippen molar-refractivity contribution in [2.45, 2.75) is 11.9 Å². The number of hydrogen-bond acceptors (Lipinski definition) is 6. The van der Waals surface area contributed by atoms with Gasteiger partial charge in [0.05, 0.1) is 12.4 Å². The van der Waals surface area contributed by atoms with E-state index in [4.69, 9.17) is 4.74 Å². The molecule has 0 atom stereocenters. The van der Waals surface area contributed by atoms with Crippen LogP contribution in [0.1, 0.15) is 6.92 Å². The third-order valence-corrected chi connectivity index (χ3v) is 3.43. The maximum Gasteiger partial charge on any atom is 0.342 e. The molecule has 9 heteroatoms. The van der Waals surface area contributed by atoms with Crippen molar-refractivity contribution in [3.63, 3.8) is 0 Å². The van der Waals surface area contributed by atoms with E-state index in [1.54, 1.807) is 24.3 Å². The van der Waals surface area contributed by atoms with Crippen LogP contribution < -0.4 is 21.3 Å². The normalized spacial score (nSPS) is 10.2. The van der Waals surface area contributed by atoms with E-state index >= 15 is 0 Å². The molecule has 0 spiro atoms. The summed E-state index contributed by atoms with van der Waals surface area (Å²) in [5.74, 6) is 0.426. The molecule has 8 nitrogen and oxygen atoms in total. The zero-order valence-electron chi connectivity index (χ0n) is 11.7. The Balaban J connectivity index is 1.90. The highest BCUT2D eigenvalue weighted by Gasteiger charge is 2.08. The molecule has 0 unspecified atom stereocenters. The molecule has 22 heavy (non-hydrogen) atoms. The third kappa shape index (κ3) is 4.48. The Morgan fingerprint density at radius 2 is 2.05 bits per heavy atom. The van der Waals surface area contributed by atoms with Crippen molar-refractivity contribution in [1.29, 1.82) is 0 Å². The number of aromatic nitrogens is 3. The molecule has 1 heterocycles. The van der Waals surface area contributed by atoms with Gasteiger partial charge in [0.2, 0.25) is 5.91 Å². The Hall–Kier alpha value is -2.55. The second kappa shape index (κ2) is 7.46. The number of anilines is 1. The number of ether oxygens (including phenoxy) is 1. The van der Waals surface area contributed by atoms with E-state index in [0.717, 1.165) is 17.5 Å². The van der Waals surface area contributed by atoms with E-state index < -0.39 is 11.2 Å². The molecule has 1 aromatic carbocycles. The van der Waals surface area contributed by atoms with E-state index in [1.807, 2.05) is 11.9 Å². The first-order chi connectivity index (χ1) is 10.6. The number of carbonyl (C=O) groups excluding carboxylic acids is 1. The maximum absolute atomic E-state index is 11.8. The van der Waals surface area contributed by atoms with Crippen molar-refractivity contribution < 1.29 is 9.53 Å². The Labute approximate surface area is 129 Å². The van der Waals surface area contributed by atoms with Gasteiger partial charge in [-0.1, -0.05) is 11.8 Å². The highest BCUT2D eigenvalue weighted by Crippen LogP contribution is 2.16. The topological polar surface area (TPSA) is 117 Å². The summed E-state index contributed by atoms with van der Waals surface area (Å²) in [5.41, 5.74) is -0.687. The number of H-pyrrole nitrogens is 2. The van der Waals surface area contributed by atoms with E-state index in [1.165, 1.54) is 0 Å². The quantitative estimate of drug-likeness (QED) is 0.670. The summed E-state index contributed by atoms with van der Waals surface area (Å²) in [7, 11) is 0. The van der Waals surface area contributed by atoms with Crippen molar-refractivity contribution in [1.82, 2.24) is 15.2 Å². The zero-order valence-corrected chi connectivity index (χ0v) is 12.5. The second-order valence-electron chi connectivity index (χ2n) is 4.11. The van der Waals surface area contributed by atoms with Gasteiger partial charge in [-0.05, 0) is 31.2 Å². The van der Waals surface area contributed by atoms with Crippen LogP contribution in [0.2, 0.25) is 0 Å². The predicted molar refractivity (Wildman–Crippen MR) is 82.4 cm³/mol. The summed E-state index contributed by atoms with van der Waals surface area (Å²) in [6.45, 7) is 2.46. The van der Waals surface area contributed by atoms with Crippen LogP contribution >= 0.6 is 11.8 Å². The molecule has 0 aliphatic heterocycles. The predicted octanol–water partition coefficient (Wildman–Crippen LogP) is 0.588. The minimum Gasteiger partial charge on any atom is -0.494 e. The van der Waals surface area contributed by atoms with Gasteiger partial charge in [0.1, 0.15) is 5.75 Å². The van der Waals surface area contributed by atoms with Gasteiger partial charge in [0.15, 0.2) is 5.03 Å². The minimum atomic E-state index is -0.687. The molecule has 0 fully saturated rings. The van der Waals surface area contributed by atoms with Crippen molar-refractivity contribution >= 4 is 23.4 Å². The number of rotatable bonds is 6. The van der Waals surface area contributed by atoms with Crippen LogP contribution in [0.15, 0.2) is 38.9 Å². The van der Waals surface area contributed by atoms with Gasteiger partial charge >= 0.3 is 5.69 Å². The van der Waals surface area contributed by atoms with E-state index in [0.29, 0.717) is 12.3 Å². The highest BCUT2D eigenvalue weighted by atomic mass is 32.2. The van der Waals surface area contributed by atoms with Gasteiger partial charge < -0.3 is 10.1 Å². The minimum absolute atomic E-state index is 0.00463. The molecule has 0 saturated heterocycles. The van der Waals surface area contributed by atoms with Crippen LogP contribution in [0.25, 0.3) is 0 Å². The summed E-state index contributed by atoms with van der Waals surface area (Å²) in [6.07, 6.45) is 0. The number of carbonyl (C=O) groups is 1. The number of nitrogens with one attached hydrogen (secondary N) is 3. The average molecular weight is 322 g/mol. The van der Waals surface area contributed by atoms with Crippen LogP contribution in [0.3, 0.4) is 0 Å². The summed E-state index contributed by atoms with van der Waals surface area (Å²) in [4.78, 5) is 36.1. The average Bonchev–Trinajstić information content (AvgIpc) is 2.49. The van der Waals surface area contributed by atoms with E-state index in [9.17, 15) is 14.4 Å². The Bertz CT molecular complexity index is 754. The number of hydrogen-bond donors (Lipinski definition) is 3. The van der Waals surface area contributed by atoms with Crippen molar-refractivity contribution in [2.24, 2.45) is 0 Å². The Kier molecular flexibility index (Phi) is 5.37. The molecular formula is C13H14N4O4S. The molecule has 2 aromatic rings. The third-order valence-electron chi connectivity index (χ3n) is 2.47. The standard InChI is InChI=1S/C13H14N4O4S/c1-2-21-9-5-3-8(4-6-9)14-10(18)7-22-12-11(19)15-13(20)17-16-12/h3-6H,2,7H2,1H3,(H,14,18)(H2,15,17,19,20). The first-order valence-electron chi connectivity index (χ1n) is 6.43. The SMILES string of the molecule is CCOc1ccc(NC(=O)CSc2n[nH]c(=O)[nH]c2=O)cc1. The Morgan fingerprint density at radius 3 is 2.68 bits per heavy atom. The molecule has 0 bridgehead atoms. The number of aromatic amines is 2. The van der Waals surface area contributed by atoms with Gasteiger partial charge in [0.25, 0.3) is 5.56 Å². The van der Waals surface area contributed by atoms with E-state index in [-0.39, 0.29) is 16.7 Å². The van der Waals surface area contributed by atoms with Gasteiger partial charge in [-0.25, -0.2) is 9.89 Å². The fourth-order valence-corrected chi connectivity index (χ4v) is 2.20. The number of amides is 1. The highest BCUT2D eigenvalue weighted by molar-refractivity contribution is 7.99. The fraction of sp³-hybridized carbons (Fsp3) is 0.231. The first kappa shape index (κ1) is 15.8. The van der Waals surface area contributed by atoms with Gasteiger partial charge in [-0.15, -0.1) is 0 Å². The molecule has 1 amide bonds. The van der Waals surface area contributed by atoms with Crippen LogP contribution in [0, 0.1) is 0 Å². The Morgan fingerprint density at radius 1 is 1.32 bits per heavy atom. The molecule has 1 aromatic heterocycles. The zero-order chi connectivity index (χ0) is 15.9. The van der Waals surface area contributed by atoms with Crippen LogP contribution in [-0.2, 0) is 4.79 Å². The lowest BCUT2D eigenvalue weighted by molar-refractivity contribution is -0.113. The smallest absolute Gasteiger partial charge is 0.342 e. The van der Waals surface area contributed by atoms with Crippen LogP contribution in [0.4, 0.5) is 5.69 Å². The lowest BCUT2D eigenvalue weighted by Crippen LogP contribution is -2.25. The van der Waals surface area contributed by atoms with E-state index in [2.05, 4.69) is 15.5 Å². The van der Waals surface area contributed by atoms with Gasteiger partial charge in [-0.2, -0.15) is 5.10 Å². The molecule has 3 N–H and O–H groups in total. The molecule has 116 valence electrons. The summed E-state index contributed by atoms with van der Waals surface area (Å²) in [6, 6.07) is 6.94. The van der Waals surface area contributed by atoms with Crippen molar-refractivity contribution in [3.8, 4) is 5.75 Å². The molecule has 0 radical (unpaired) electrons. The lowest BCUT2D eigenvalue weighted by Gasteiger charge is -2.06. The molecule has 0 saturated carbocycles. The summed E-state index contributed by atoms with van der Waals surface area (Å²) >= 11 is 0.933. The summed E-state index contributed by atoms with van der Waals surface area (Å²) < 4.78 is 5.30. The fourth-order valence-electron chi connectivity index (χ4n) is 1.57. The van der Waals surface area contributed by atoms with Crippen LogP contribution in [-0.4, -0.2) is 33.4 Å². The molecule has 0 aliphatic carbocycles. The molecule has 2 rings (SSSR count).